The van der Waals surface area contributed by atoms with Crippen molar-refractivity contribution in [3.05, 3.63) is 69.2 Å². The fourth-order valence-electron chi connectivity index (χ4n) is 3.01. The Morgan fingerprint density at radius 2 is 1.75 bits per heavy atom. The average molecular weight is 438 g/mol. The average Bonchev–Trinajstić information content (AvgIpc) is 3.12. The molecule has 1 saturated heterocycles. The summed E-state index contributed by atoms with van der Waals surface area (Å²) in [5, 5.41) is 10.3. The normalized spacial score (nSPS) is 18.7. The Kier molecular flexibility index (Phi) is 7.24. The summed E-state index contributed by atoms with van der Waals surface area (Å²) in [6.07, 6.45) is 0.917. The lowest BCUT2D eigenvalue weighted by atomic mass is 10.1. The first-order valence-electron chi connectivity index (χ1n) is 8.94. The molecule has 5 nitrogen and oxygen atoms in total. The number of carbonyl (C=O) groups excluding carboxylic acids is 2. The summed E-state index contributed by atoms with van der Waals surface area (Å²) in [5.74, 6) is -0.473. The van der Waals surface area contributed by atoms with Crippen LogP contribution >= 0.6 is 35.8 Å². The number of hydrogen-bond acceptors (Lipinski definition) is 4. The number of amides is 2. The van der Waals surface area contributed by atoms with Gasteiger partial charge in [-0.15, -0.1) is 0 Å². The van der Waals surface area contributed by atoms with Crippen LogP contribution in [0.2, 0.25) is 10.0 Å². The molecule has 0 saturated carbocycles. The highest BCUT2D eigenvalue weighted by atomic mass is 35.5. The lowest BCUT2D eigenvalue weighted by Gasteiger charge is -2.12. The molecular weight excluding hydrogens is 417 g/mol. The standard InChI is InChI=1S/C20H21Cl2N3O2S/c21-17-5-4-12(6-18(17)22)9-24-19(26)13-2-1-3-14(7-13)20(27)25-10-15-8-16(28)11-23-15/h1-7,15-16,23,28H,8-11H2,(H,24,26)(H,25,27)/t15-,16-/m0/s1. The van der Waals surface area contributed by atoms with Gasteiger partial charge < -0.3 is 16.0 Å². The molecule has 0 unspecified atom stereocenters. The highest BCUT2D eigenvalue weighted by Crippen LogP contribution is 2.22. The fraction of sp³-hybridized carbons (Fsp3) is 0.300. The zero-order valence-electron chi connectivity index (χ0n) is 15.0. The summed E-state index contributed by atoms with van der Waals surface area (Å²) in [7, 11) is 0. The molecule has 1 aliphatic rings. The second-order valence-corrected chi connectivity index (χ2v) is 8.26. The van der Waals surface area contributed by atoms with E-state index in [2.05, 4.69) is 28.6 Å². The smallest absolute Gasteiger partial charge is 0.251 e. The van der Waals surface area contributed by atoms with Crippen molar-refractivity contribution in [1.29, 1.82) is 0 Å². The van der Waals surface area contributed by atoms with Gasteiger partial charge in [-0.3, -0.25) is 9.59 Å². The summed E-state index contributed by atoms with van der Waals surface area (Å²) >= 11 is 16.3. The largest absolute Gasteiger partial charge is 0.350 e. The first kappa shape index (κ1) is 21.0. The Morgan fingerprint density at radius 1 is 1.04 bits per heavy atom. The van der Waals surface area contributed by atoms with Gasteiger partial charge in [0.2, 0.25) is 0 Å². The molecule has 0 bridgehead atoms. The van der Waals surface area contributed by atoms with Crippen molar-refractivity contribution in [1.82, 2.24) is 16.0 Å². The first-order valence-corrected chi connectivity index (χ1v) is 10.2. The molecule has 8 heteroatoms. The van der Waals surface area contributed by atoms with E-state index in [9.17, 15) is 9.59 Å². The van der Waals surface area contributed by atoms with Crippen LogP contribution in [0.1, 0.15) is 32.7 Å². The third kappa shape index (κ3) is 5.64. The van der Waals surface area contributed by atoms with Crippen molar-refractivity contribution in [3.8, 4) is 0 Å². The van der Waals surface area contributed by atoms with E-state index in [0.29, 0.717) is 39.5 Å². The van der Waals surface area contributed by atoms with Crippen LogP contribution in [0.4, 0.5) is 0 Å². The Hall–Kier alpha value is -1.73. The zero-order chi connectivity index (χ0) is 20.1. The van der Waals surface area contributed by atoms with Crippen molar-refractivity contribution in [2.45, 2.75) is 24.3 Å². The molecule has 3 rings (SSSR count). The summed E-state index contributed by atoms with van der Waals surface area (Å²) in [6, 6.07) is 12.1. The molecule has 1 fully saturated rings. The van der Waals surface area contributed by atoms with Crippen LogP contribution in [0.15, 0.2) is 42.5 Å². The van der Waals surface area contributed by atoms with Crippen molar-refractivity contribution in [3.63, 3.8) is 0 Å². The number of carbonyl (C=O) groups is 2. The second-order valence-electron chi connectivity index (χ2n) is 6.72. The predicted molar refractivity (Wildman–Crippen MR) is 116 cm³/mol. The van der Waals surface area contributed by atoms with Crippen LogP contribution in [0.5, 0.6) is 0 Å². The minimum absolute atomic E-state index is 0.205. The van der Waals surface area contributed by atoms with E-state index < -0.39 is 0 Å². The van der Waals surface area contributed by atoms with Gasteiger partial charge in [-0.25, -0.2) is 0 Å². The molecule has 148 valence electrons. The van der Waals surface area contributed by atoms with Gasteiger partial charge in [-0.2, -0.15) is 12.6 Å². The molecule has 0 aliphatic carbocycles. The summed E-state index contributed by atoms with van der Waals surface area (Å²) in [6.45, 7) is 1.69. The lowest BCUT2D eigenvalue weighted by molar-refractivity contribution is 0.0950. The maximum absolute atomic E-state index is 12.4. The van der Waals surface area contributed by atoms with Gasteiger partial charge in [0.25, 0.3) is 11.8 Å². The van der Waals surface area contributed by atoms with E-state index >= 15 is 0 Å². The van der Waals surface area contributed by atoms with Gasteiger partial charge in [0.05, 0.1) is 10.0 Å². The lowest BCUT2D eigenvalue weighted by Crippen LogP contribution is -2.37. The van der Waals surface area contributed by atoms with Crippen molar-refractivity contribution >= 4 is 47.6 Å². The van der Waals surface area contributed by atoms with E-state index in [-0.39, 0.29) is 17.9 Å². The van der Waals surface area contributed by atoms with Crippen molar-refractivity contribution in [2.24, 2.45) is 0 Å². The maximum Gasteiger partial charge on any atom is 0.251 e. The molecule has 0 radical (unpaired) electrons. The first-order chi connectivity index (χ1) is 13.4. The van der Waals surface area contributed by atoms with Gasteiger partial charge in [-0.1, -0.05) is 35.3 Å². The second kappa shape index (κ2) is 9.65. The molecule has 0 spiro atoms. The molecule has 28 heavy (non-hydrogen) atoms. The fourth-order valence-corrected chi connectivity index (χ4v) is 3.69. The van der Waals surface area contributed by atoms with Crippen LogP contribution in [-0.2, 0) is 6.54 Å². The molecular formula is C20H21Cl2N3O2S. The van der Waals surface area contributed by atoms with Crippen molar-refractivity contribution < 1.29 is 9.59 Å². The van der Waals surface area contributed by atoms with Crippen LogP contribution < -0.4 is 16.0 Å². The summed E-state index contributed by atoms with van der Waals surface area (Å²) < 4.78 is 0. The number of benzene rings is 2. The highest BCUT2D eigenvalue weighted by molar-refractivity contribution is 7.81. The minimum Gasteiger partial charge on any atom is -0.350 e. The van der Waals surface area contributed by atoms with E-state index in [1.807, 2.05) is 0 Å². The van der Waals surface area contributed by atoms with Gasteiger partial charge in [0, 0.05) is 42.1 Å². The number of halogens is 2. The molecule has 3 N–H and O–H groups in total. The molecule has 2 aromatic carbocycles. The molecule has 1 aliphatic heterocycles. The van der Waals surface area contributed by atoms with Crippen LogP contribution in [0.3, 0.4) is 0 Å². The van der Waals surface area contributed by atoms with E-state index in [1.54, 1.807) is 42.5 Å². The van der Waals surface area contributed by atoms with Crippen LogP contribution in [-0.4, -0.2) is 36.2 Å². The van der Waals surface area contributed by atoms with E-state index in [4.69, 9.17) is 23.2 Å². The molecule has 0 aromatic heterocycles. The third-order valence-corrected chi connectivity index (χ3v) is 5.66. The summed E-state index contributed by atoms with van der Waals surface area (Å²) in [5.41, 5.74) is 1.70. The maximum atomic E-state index is 12.4. The van der Waals surface area contributed by atoms with Gasteiger partial charge >= 0.3 is 0 Å². The van der Waals surface area contributed by atoms with Crippen molar-refractivity contribution in [2.75, 3.05) is 13.1 Å². The third-order valence-electron chi connectivity index (χ3n) is 4.53. The number of nitrogens with one attached hydrogen (secondary N) is 3. The Morgan fingerprint density at radius 3 is 2.39 bits per heavy atom. The molecule has 2 amide bonds. The van der Waals surface area contributed by atoms with E-state index in [1.165, 1.54) is 0 Å². The molecule has 2 atom stereocenters. The molecule has 1 heterocycles. The summed E-state index contributed by atoms with van der Waals surface area (Å²) in [4.78, 5) is 24.8. The minimum atomic E-state index is -0.268. The van der Waals surface area contributed by atoms with Gasteiger partial charge in [0.1, 0.15) is 0 Å². The highest BCUT2D eigenvalue weighted by Gasteiger charge is 2.21. The van der Waals surface area contributed by atoms with E-state index in [0.717, 1.165) is 18.5 Å². The Balaban J connectivity index is 1.56. The van der Waals surface area contributed by atoms with Gasteiger partial charge in [-0.05, 0) is 42.3 Å². The Bertz CT molecular complexity index is 878. The predicted octanol–water partition coefficient (Wildman–Crippen LogP) is 3.31. The number of thiol groups is 1. The monoisotopic (exact) mass is 437 g/mol. The van der Waals surface area contributed by atoms with Gasteiger partial charge in [0.15, 0.2) is 0 Å². The topological polar surface area (TPSA) is 70.2 Å². The van der Waals surface area contributed by atoms with Crippen LogP contribution in [0.25, 0.3) is 0 Å². The zero-order valence-corrected chi connectivity index (χ0v) is 17.5. The quantitative estimate of drug-likeness (QED) is 0.523. The SMILES string of the molecule is O=C(NCc1ccc(Cl)c(Cl)c1)c1cccc(C(=O)NC[C@@H]2C[C@H](S)CN2)c1. The number of rotatable bonds is 6. The molecule has 2 aromatic rings. The van der Waals surface area contributed by atoms with Crippen LogP contribution in [0, 0.1) is 0 Å². The Labute approximate surface area is 179 Å². The number of hydrogen-bond donors (Lipinski definition) is 4.